The van der Waals surface area contributed by atoms with E-state index in [0.717, 1.165) is 44.7 Å². The number of halogens is 1. The number of hydrogen-bond acceptors (Lipinski definition) is 6. The van der Waals surface area contributed by atoms with E-state index in [1.165, 1.54) is 0 Å². The van der Waals surface area contributed by atoms with Gasteiger partial charge in [-0.1, -0.05) is 84.0 Å². The summed E-state index contributed by atoms with van der Waals surface area (Å²) in [5.41, 5.74) is 5.24. The van der Waals surface area contributed by atoms with Gasteiger partial charge in [-0.3, -0.25) is 4.57 Å². The molecule has 0 unspecified atom stereocenters. The van der Waals surface area contributed by atoms with Crippen LogP contribution in [0.1, 0.15) is 22.5 Å². The molecule has 5 aromatic rings. The zero-order valence-corrected chi connectivity index (χ0v) is 20.3. The highest BCUT2D eigenvalue weighted by Gasteiger charge is 2.19. The maximum Gasteiger partial charge on any atom is 0.192 e. The number of tetrazole rings is 1. The number of rotatable bonds is 7. The molecule has 0 N–H and O–H groups in total. The molecule has 5 rings (SSSR count). The second-order valence-corrected chi connectivity index (χ2v) is 9.24. The molecule has 0 saturated heterocycles. The lowest BCUT2D eigenvalue weighted by molar-refractivity contribution is 0.713. The second-order valence-electron chi connectivity index (χ2n) is 7.89. The lowest BCUT2D eigenvalue weighted by Crippen LogP contribution is -2.07. The van der Waals surface area contributed by atoms with Crippen LogP contribution >= 0.6 is 23.4 Å². The van der Waals surface area contributed by atoms with Crippen LogP contribution < -0.4 is 0 Å². The van der Waals surface area contributed by atoms with Crippen molar-refractivity contribution in [3.63, 3.8) is 0 Å². The van der Waals surface area contributed by atoms with Crippen molar-refractivity contribution in [3.8, 4) is 17.1 Å². The van der Waals surface area contributed by atoms with Crippen LogP contribution in [0.4, 0.5) is 0 Å². The van der Waals surface area contributed by atoms with Crippen molar-refractivity contribution < 1.29 is 0 Å². The van der Waals surface area contributed by atoms with Crippen LogP contribution in [-0.4, -0.2) is 35.0 Å². The number of nitrogens with zero attached hydrogens (tertiary/aromatic N) is 7. The average molecular weight is 488 g/mol. The summed E-state index contributed by atoms with van der Waals surface area (Å²) in [6, 6.07) is 24.1. The van der Waals surface area contributed by atoms with Crippen LogP contribution in [0, 0.1) is 13.8 Å². The molecule has 9 heteroatoms. The highest BCUT2D eigenvalue weighted by atomic mass is 35.5. The molecule has 3 aromatic carbocycles. The van der Waals surface area contributed by atoms with Gasteiger partial charge in [-0.15, -0.1) is 15.3 Å². The predicted molar refractivity (Wildman–Crippen MR) is 134 cm³/mol. The summed E-state index contributed by atoms with van der Waals surface area (Å²) in [5.74, 6) is 2.01. The van der Waals surface area contributed by atoms with E-state index in [4.69, 9.17) is 11.6 Å². The van der Waals surface area contributed by atoms with Gasteiger partial charge in [0.05, 0.1) is 23.0 Å². The molecule has 0 saturated carbocycles. The molecular weight excluding hydrogens is 466 g/mol. The van der Waals surface area contributed by atoms with Gasteiger partial charge in [-0.25, -0.2) is 0 Å². The Balaban J connectivity index is 1.49. The normalized spacial score (nSPS) is 11.1. The van der Waals surface area contributed by atoms with Gasteiger partial charge in [-0.05, 0) is 53.1 Å². The van der Waals surface area contributed by atoms with E-state index in [0.29, 0.717) is 17.3 Å². The van der Waals surface area contributed by atoms with E-state index < -0.39 is 0 Å². The maximum absolute atomic E-state index is 6.50. The Labute approximate surface area is 206 Å². The first kappa shape index (κ1) is 22.3. The molecule has 34 heavy (non-hydrogen) atoms. The quantitative estimate of drug-likeness (QED) is 0.281. The minimum absolute atomic E-state index is 0.538. The summed E-state index contributed by atoms with van der Waals surface area (Å²) in [5, 5.41) is 22.9. The highest BCUT2D eigenvalue weighted by Crippen LogP contribution is 2.31. The van der Waals surface area contributed by atoms with Crippen LogP contribution in [0.2, 0.25) is 5.02 Å². The summed E-state index contributed by atoms with van der Waals surface area (Å²) in [7, 11) is 0. The number of para-hydroxylation sites is 1. The molecule has 0 radical (unpaired) electrons. The molecule has 2 aromatic heterocycles. The molecule has 0 bridgehead atoms. The number of aryl methyl sites for hydroxylation is 2. The Morgan fingerprint density at radius 3 is 2.32 bits per heavy atom. The molecule has 0 aliphatic carbocycles. The second kappa shape index (κ2) is 9.79. The number of aromatic nitrogens is 7. The fourth-order valence-electron chi connectivity index (χ4n) is 3.88. The van der Waals surface area contributed by atoms with Gasteiger partial charge in [-0.2, -0.15) is 4.68 Å². The lowest BCUT2D eigenvalue weighted by atomic mass is 10.1. The highest BCUT2D eigenvalue weighted by molar-refractivity contribution is 7.98. The third-order valence-electron chi connectivity index (χ3n) is 5.53. The minimum Gasteiger partial charge on any atom is -0.297 e. The van der Waals surface area contributed by atoms with Crippen molar-refractivity contribution in [2.45, 2.75) is 31.3 Å². The fourth-order valence-corrected chi connectivity index (χ4v) is 4.95. The summed E-state index contributed by atoms with van der Waals surface area (Å²) in [6.45, 7) is 4.75. The van der Waals surface area contributed by atoms with Gasteiger partial charge in [0.15, 0.2) is 16.8 Å². The van der Waals surface area contributed by atoms with Crippen LogP contribution in [0.25, 0.3) is 17.1 Å². The summed E-state index contributed by atoms with van der Waals surface area (Å²) in [4.78, 5) is 0. The van der Waals surface area contributed by atoms with E-state index in [9.17, 15) is 0 Å². The molecule has 0 atom stereocenters. The van der Waals surface area contributed by atoms with E-state index in [1.807, 2.05) is 53.2 Å². The molecule has 7 nitrogen and oxygen atoms in total. The third kappa shape index (κ3) is 4.47. The molecule has 0 fully saturated rings. The van der Waals surface area contributed by atoms with Crippen LogP contribution in [0.3, 0.4) is 0 Å². The Morgan fingerprint density at radius 1 is 0.824 bits per heavy atom. The maximum atomic E-state index is 6.50. The van der Waals surface area contributed by atoms with Crippen molar-refractivity contribution in [1.82, 2.24) is 35.0 Å². The van der Waals surface area contributed by atoms with Gasteiger partial charge in [0.25, 0.3) is 0 Å². The third-order valence-corrected chi connectivity index (χ3v) is 6.82. The number of thioether (sulfide) groups is 1. The molecule has 0 aliphatic rings. The van der Waals surface area contributed by atoms with E-state index in [2.05, 4.69) is 68.4 Å². The number of hydrogen-bond donors (Lipinski definition) is 0. The Morgan fingerprint density at radius 2 is 1.56 bits per heavy atom. The lowest BCUT2D eigenvalue weighted by Gasteiger charge is -2.12. The van der Waals surface area contributed by atoms with Gasteiger partial charge in [0.2, 0.25) is 0 Å². The zero-order valence-electron chi connectivity index (χ0n) is 18.8. The van der Waals surface area contributed by atoms with Crippen LogP contribution in [0.15, 0.2) is 78.0 Å². The minimum atomic E-state index is 0.538. The summed E-state index contributed by atoms with van der Waals surface area (Å²) in [6.07, 6.45) is 0. The topological polar surface area (TPSA) is 74.3 Å². The summed E-state index contributed by atoms with van der Waals surface area (Å²) < 4.78 is 3.90. The largest absolute Gasteiger partial charge is 0.297 e. The molecule has 0 spiro atoms. The van der Waals surface area contributed by atoms with Gasteiger partial charge < -0.3 is 0 Å². The first-order valence-electron chi connectivity index (χ1n) is 10.8. The molecule has 0 amide bonds. The van der Waals surface area contributed by atoms with Gasteiger partial charge >= 0.3 is 0 Å². The smallest absolute Gasteiger partial charge is 0.192 e. The van der Waals surface area contributed by atoms with Gasteiger partial charge in [0.1, 0.15) is 0 Å². The molecule has 0 aliphatic heterocycles. The first-order valence-corrected chi connectivity index (χ1v) is 12.2. The van der Waals surface area contributed by atoms with Gasteiger partial charge in [0, 0.05) is 5.56 Å². The predicted octanol–water partition coefficient (Wildman–Crippen LogP) is 5.53. The van der Waals surface area contributed by atoms with Crippen LogP contribution in [0.5, 0.6) is 0 Å². The fraction of sp³-hybridized carbons (Fsp3) is 0.160. The zero-order chi connectivity index (χ0) is 23.5. The van der Waals surface area contributed by atoms with Crippen molar-refractivity contribution in [2.24, 2.45) is 0 Å². The Bertz CT molecular complexity index is 1410. The molecule has 170 valence electrons. The Hall–Kier alpha value is -3.49. The number of benzene rings is 3. The standard InChI is InChI=1S/C25H22ClN7S/c1-17-9-8-10-18(2)23(17)33-22(27-30-31-33)16-34-25-29-28-24(20-13-6-7-14-21(20)26)32(25)15-19-11-4-3-5-12-19/h3-14H,15-16H2,1-2H3. The first-order chi connectivity index (χ1) is 16.6. The molecule has 2 heterocycles. The van der Waals surface area contributed by atoms with Crippen LogP contribution in [-0.2, 0) is 12.3 Å². The van der Waals surface area contributed by atoms with E-state index in [1.54, 1.807) is 11.8 Å². The van der Waals surface area contributed by atoms with Crippen molar-refractivity contribution in [1.29, 1.82) is 0 Å². The van der Waals surface area contributed by atoms with E-state index in [-0.39, 0.29) is 0 Å². The van der Waals surface area contributed by atoms with Crippen molar-refractivity contribution in [3.05, 3.63) is 100 Å². The Kier molecular flexibility index (Phi) is 6.42. The average Bonchev–Trinajstić information content (AvgIpc) is 3.46. The summed E-state index contributed by atoms with van der Waals surface area (Å²) >= 11 is 8.05. The van der Waals surface area contributed by atoms with E-state index >= 15 is 0 Å². The monoisotopic (exact) mass is 487 g/mol. The van der Waals surface area contributed by atoms with Crippen molar-refractivity contribution >= 4 is 23.4 Å². The molecular formula is C25H22ClN7S. The van der Waals surface area contributed by atoms with Crippen molar-refractivity contribution in [2.75, 3.05) is 0 Å². The SMILES string of the molecule is Cc1cccc(C)c1-n1nnnc1CSc1nnc(-c2ccccc2Cl)n1Cc1ccccc1.